The maximum absolute atomic E-state index is 13.1. The van der Waals surface area contributed by atoms with Crippen LogP contribution in [0.25, 0.3) is 17.1 Å². The van der Waals surface area contributed by atoms with Gasteiger partial charge in [0, 0.05) is 29.8 Å². The normalized spacial score (nSPS) is 10.9. The molecular weight excluding hydrogens is 568 g/mol. The molecule has 0 unspecified atom stereocenters. The van der Waals surface area contributed by atoms with Gasteiger partial charge in [0.25, 0.3) is 17.3 Å². The fourth-order valence-corrected chi connectivity index (χ4v) is 3.71. The monoisotopic (exact) mass is 584 g/mol. The van der Waals surface area contributed by atoms with Crippen molar-refractivity contribution in [3.8, 4) is 22.8 Å². The van der Waals surface area contributed by atoms with E-state index in [2.05, 4.69) is 35.8 Å². The van der Waals surface area contributed by atoms with E-state index in [0.717, 1.165) is 4.68 Å². The molecular formula is C25H16N10O8. The summed E-state index contributed by atoms with van der Waals surface area (Å²) in [5.41, 5.74) is 8.10. The third kappa shape index (κ3) is 6.01. The van der Waals surface area contributed by atoms with Gasteiger partial charge in [-0.05, 0) is 40.1 Å². The molecule has 3 aromatic carbocycles. The quantitative estimate of drug-likeness (QED) is 0.0832. The van der Waals surface area contributed by atoms with Gasteiger partial charge in [-0.15, -0.1) is 5.10 Å². The molecule has 5 rings (SSSR count). The average Bonchev–Trinajstić information content (AvgIpc) is 3.63. The largest absolute Gasteiger partial charge is 0.423 e. The molecule has 0 radical (unpaired) electrons. The molecule has 2 aromatic heterocycles. The van der Waals surface area contributed by atoms with Crippen molar-refractivity contribution in [3.63, 3.8) is 0 Å². The standard InChI is InChI=1S/C25H16N10O8/c26-22-23(31-43-30-22)33-21(16-4-2-5-18(12-16)35(40)41)20(28-32-33)24(36)29-27-13-14-3-1-6-19(11-14)42-25(37)15-7-9-17(10-8-15)34(38)39/h1-13H,(H2,26,30)(H,29,36)/b27-13+. The molecule has 5 aromatic rings. The second-order valence-electron chi connectivity index (χ2n) is 8.44. The van der Waals surface area contributed by atoms with E-state index in [9.17, 15) is 29.8 Å². The average molecular weight is 584 g/mol. The minimum absolute atomic E-state index is 0.000969. The van der Waals surface area contributed by atoms with E-state index in [1.54, 1.807) is 12.1 Å². The Morgan fingerprint density at radius 1 is 0.977 bits per heavy atom. The number of aromatic nitrogens is 5. The Labute approximate surface area is 238 Å². The molecule has 0 spiro atoms. The molecule has 0 fully saturated rings. The van der Waals surface area contributed by atoms with Crippen LogP contribution in [0.4, 0.5) is 17.2 Å². The third-order valence-electron chi connectivity index (χ3n) is 5.67. The van der Waals surface area contributed by atoms with Crippen molar-refractivity contribution < 1.29 is 28.8 Å². The molecule has 18 nitrogen and oxygen atoms in total. The summed E-state index contributed by atoms with van der Waals surface area (Å²) >= 11 is 0. The van der Waals surface area contributed by atoms with Gasteiger partial charge in [-0.25, -0.2) is 14.8 Å². The van der Waals surface area contributed by atoms with Crippen molar-refractivity contribution in [2.45, 2.75) is 0 Å². The molecule has 0 aliphatic heterocycles. The van der Waals surface area contributed by atoms with Gasteiger partial charge in [0.2, 0.25) is 11.6 Å². The van der Waals surface area contributed by atoms with Gasteiger partial charge in [0.1, 0.15) is 11.4 Å². The number of anilines is 1. The Balaban J connectivity index is 1.34. The van der Waals surface area contributed by atoms with Gasteiger partial charge in [-0.1, -0.05) is 29.5 Å². The maximum Gasteiger partial charge on any atom is 0.343 e. The number of hydrogen-bond acceptors (Lipinski definition) is 14. The number of nitrogens with two attached hydrogens (primary N) is 1. The highest BCUT2D eigenvalue weighted by molar-refractivity contribution is 5.99. The van der Waals surface area contributed by atoms with Crippen LogP contribution < -0.4 is 15.9 Å². The van der Waals surface area contributed by atoms with Crippen LogP contribution in [0, 0.1) is 20.2 Å². The van der Waals surface area contributed by atoms with Crippen LogP contribution in [0.5, 0.6) is 5.75 Å². The van der Waals surface area contributed by atoms with Crippen molar-refractivity contribution in [2.75, 3.05) is 5.73 Å². The van der Waals surface area contributed by atoms with E-state index < -0.39 is 21.7 Å². The molecule has 18 heteroatoms. The lowest BCUT2D eigenvalue weighted by Crippen LogP contribution is -2.19. The number of rotatable bonds is 9. The van der Waals surface area contributed by atoms with E-state index in [4.69, 9.17) is 10.5 Å². The number of ether oxygens (including phenoxy) is 1. The van der Waals surface area contributed by atoms with Crippen LogP contribution in [0.2, 0.25) is 0 Å². The smallest absolute Gasteiger partial charge is 0.343 e. The predicted molar refractivity (Wildman–Crippen MR) is 145 cm³/mol. The summed E-state index contributed by atoms with van der Waals surface area (Å²) in [4.78, 5) is 46.5. The van der Waals surface area contributed by atoms with Crippen LogP contribution in [0.3, 0.4) is 0 Å². The highest BCUT2D eigenvalue weighted by Crippen LogP contribution is 2.29. The van der Waals surface area contributed by atoms with E-state index in [1.165, 1.54) is 66.9 Å². The number of esters is 1. The van der Waals surface area contributed by atoms with Gasteiger partial charge in [0.15, 0.2) is 5.69 Å². The van der Waals surface area contributed by atoms with Gasteiger partial charge in [-0.2, -0.15) is 9.78 Å². The minimum atomic E-state index is -0.834. The molecule has 0 aliphatic carbocycles. The van der Waals surface area contributed by atoms with Gasteiger partial charge < -0.3 is 10.5 Å². The Morgan fingerprint density at radius 2 is 1.72 bits per heavy atom. The zero-order chi connectivity index (χ0) is 30.5. The maximum atomic E-state index is 13.1. The fraction of sp³-hybridized carbons (Fsp3) is 0. The first kappa shape index (κ1) is 27.7. The Hall–Kier alpha value is -6.85. The number of carbonyl (C=O) groups excluding carboxylic acids is 2. The molecule has 2 heterocycles. The van der Waals surface area contributed by atoms with E-state index >= 15 is 0 Å². The molecule has 0 bridgehead atoms. The van der Waals surface area contributed by atoms with Gasteiger partial charge >= 0.3 is 5.97 Å². The molecule has 0 aliphatic rings. The third-order valence-corrected chi connectivity index (χ3v) is 5.67. The Kier molecular flexibility index (Phi) is 7.55. The molecule has 43 heavy (non-hydrogen) atoms. The van der Waals surface area contributed by atoms with Crippen molar-refractivity contribution >= 4 is 35.3 Å². The first-order valence-electron chi connectivity index (χ1n) is 11.9. The lowest BCUT2D eigenvalue weighted by molar-refractivity contribution is -0.385. The zero-order valence-electron chi connectivity index (χ0n) is 21.4. The van der Waals surface area contributed by atoms with Crippen molar-refractivity contribution in [1.29, 1.82) is 0 Å². The number of nitro groups is 2. The number of hydrogen-bond donors (Lipinski definition) is 2. The van der Waals surface area contributed by atoms with Crippen molar-refractivity contribution in [1.82, 2.24) is 30.7 Å². The summed E-state index contributed by atoms with van der Waals surface area (Å²) < 4.78 is 11.0. The summed E-state index contributed by atoms with van der Waals surface area (Å²) in [5, 5.41) is 41.0. The molecule has 0 atom stereocenters. The van der Waals surface area contributed by atoms with Crippen LogP contribution in [-0.4, -0.2) is 53.2 Å². The second-order valence-corrected chi connectivity index (χ2v) is 8.44. The molecule has 3 N–H and O–H groups in total. The van der Waals surface area contributed by atoms with E-state index in [0.29, 0.717) is 5.56 Å². The number of nitrogen functional groups attached to an aromatic ring is 1. The number of benzene rings is 3. The Bertz CT molecular complexity index is 1900. The SMILES string of the molecule is Nc1nonc1-n1nnc(C(=O)N/N=C/c2cccc(OC(=O)c3ccc([N+](=O)[O-])cc3)c2)c1-c1cccc([N+](=O)[O-])c1. The molecule has 0 saturated carbocycles. The number of nitrogens with zero attached hydrogens (tertiary/aromatic N) is 8. The first-order chi connectivity index (χ1) is 20.7. The van der Waals surface area contributed by atoms with Gasteiger partial charge in [-0.3, -0.25) is 25.0 Å². The minimum Gasteiger partial charge on any atom is -0.423 e. The lowest BCUT2D eigenvalue weighted by atomic mass is 10.1. The number of hydrazone groups is 1. The number of carbonyl (C=O) groups is 2. The topological polar surface area (TPSA) is 250 Å². The van der Waals surface area contributed by atoms with Crippen LogP contribution in [-0.2, 0) is 0 Å². The number of nitrogens with one attached hydrogen (secondary N) is 1. The van der Waals surface area contributed by atoms with Crippen LogP contribution in [0.15, 0.2) is 82.5 Å². The summed E-state index contributed by atoms with van der Waals surface area (Å²) in [5.74, 6) is -1.70. The lowest BCUT2D eigenvalue weighted by Gasteiger charge is -2.06. The molecule has 214 valence electrons. The summed E-state index contributed by atoms with van der Waals surface area (Å²) in [6.45, 7) is 0. The zero-order valence-corrected chi connectivity index (χ0v) is 21.4. The highest BCUT2D eigenvalue weighted by atomic mass is 16.6. The second kappa shape index (κ2) is 11.7. The van der Waals surface area contributed by atoms with E-state index in [1.807, 2.05) is 0 Å². The number of non-ortho nitro benzene ring substituents is 2. The number of nitro benzene ring substituents is 2. The summed E-state index contributed by atoms with van der Waals surface area (Å²) in [6, 6.07) is 16.5. The van der Waals surface area contributed by atoms with Crippen LogP contribution in [0.1, 0.15) is 26.4 Å². The van der Waals surface area contributed by atoms with Crippen molar-refractivity contribution in [3.05, 3.63) is 110 Å². The van der Waals surface area contributed by atoms with Crippen LogP contribution >= 0.6 is 0 Å². The molecule has 1 amide bonds. The first-order valence-corrected chi connectivity index (χ1v) is 11.9. The molecule has 0 saturated heterocycles. The predicted octanol–water partition coefficient (Wildman–Crippen LogP) is 2.70. The Morgan fingerprint density at radius 3 is 2.42 bits per heavy atom. The summed E-state index contributed by atoms with van der Waals surface area (Å²) in [7, 11) is 0. The van der Waals surface area contributed by atoms with E-state index in [-0.39, 0.29) is 51.3 Å². The highest BCUT2D eigenvalue weighted by Gasteiger charge is 2.26. The van der Waals surface area contributed by atoms with Crippen molar-refractivity contribution in [2.24, 2.45) is 5.10 Å². The summed E-state index contributed by atoms with van der Waals surface area (Å²) in [6.07, 6.45) is 1.26. The number of amides is 1. The fourth-order valence-electron chi connectivity index (χ4n) is 3.71. The van der Waals surface area contributed by atoms with Gasteiger partial charge in [0.05, 0.1) is 21.6 Å².